The van der Waals surface area contributed by atoms with Crippen molar-refractivity contribution >= 4 is 12.1 Å². The highest BCUT2D eigenvalue weighted by atomic mass is 16.6. The molecular formula is C14H24N2O5. The molecule has 120 valence electrons. The topological polar surface area (TPSA) is 102 Å². The van der Waals surface area contributed by atoms with Gasteiger partial charge in [-0.25, -0.2) is 4.79 Å². The molecule has 2 aliphatic rings. The van der Waals surface area contributed by atoms with Crippen molar-refractivity contribution in [2.45, 2.75) is 51.4 Å². The number of carbonyl (C=O) groups excluding carboxylic acids is 1. The second-order valence-electron chi connectivity index (χ2n) is 6.83. The minimum Gasteiger partial charge on any atom is -0.480 e. The monoisotopic (exact) mass is 300 g/mol. The summed E-state index contributed by atoms with van der Waals surface area (Å²) in [5, 5.41) is 9.13. The van der Waals surface area contributed by atoms with Crippen LogP contribution in [-0.4, -0.2) is 59.5 Å². The van der Waals surface area contributed by atoms with Crippen LogP contribution in [0.5, 0.6) is 0 Å². The molecule has 0 aromatic rings. The van der Waals surface area contributed by atoms with Crippen molar-refractivity contribution in [1.82, 2.24) is 4.90 Å². The molecule has 0 aromatic heterocycles. The molecule has 1 amide bonds. The van der Waals surface area contributed by atoms with Gasteiger partial charge in [-0.3, -0.25) is 4.79 Å². The summed E-state index contributed by atoms with van der Waals surface area (Å²) in [6.45, 7) is 6.58. The zero-order chi connectivity index (χ0) is 15.8. The van der Waals surface area contributed by atoms with Crippen molar-refractivity contribution in [3.05, 3.63) is 0 Å². The van der Waals surface area contributed by atoms with Crippen LogP contribution in [0.4, 0.5) is 4.79 Å². The molecular weight excluding hydrogens is 276 g/mol. The fourth-order valence-electron chi connectivity index (χ4n) is 2.71. The van der Waals surface area contributed by atoms with Crippen LogP contribution < -0.4 is 5.73 Å². The number of morpholine rings is 1. The number of hydrogen-bond acceptors (Lipinski definition) is 5. The molecule has 1 saturated heterocycles. The smallest absolute Gasteiger partial charge is 0.410 e. The maximum atomic E-state index is 12.1. The summed E-state index contributed by atoms with van der Waals surface area (Å²) < 4.78 is 11.0. The first-order valence-corrected chi connectivity index (χ1v) is 7.24. The molecule has 0 spiro atoms. The fourth-order valence-corrected chi connectivity index (χ4v) is 2.71. The maximum Gasteiger partial charge on any atom is 0.410 e. The van der Waals surface area contributed by atoms with Crippen molar-refractivity contribution in [1.29, 1.82) is 0 Å². The Kier molecular flexibility index (Phi) is 4.17. The molecule has 1 heterocycles. The van der Waals surface area contributed by atoms with Crippen LogP contribution in [0, 0.1) is 5.41 Å². The van der Waals surface area contributed by atoms with Gasteiger partial charge in [0, 0.05) is 12.0 Å². The van der Waals surface area contributed by atoms with Gasteiger partial charge in [-0.1, -0.05) is 0 Å². The van der Waals surface area contributed by atoms with Crippen LogP contribution in [0.15, 0.2) is 0 Å². The number of ether oxygens (including phenoxy) is 2. The van der Waals surface area contributed by atoms with E-state index in [4.69, 9.17) is 20.3 Å². The van der Waals surface area contributed by atoms with Crippen LogP contribution in [0.2, 0.25) is 0 Å². The summed E-state index contributed by atoms with van der Waals surface area (Å²) in [4.78, 5) is 24.8. The van der Waals surface area contributed by atoms with Crippen LogP contribution in [0.25, 0.3) is 0 Å². The van der Waals surface area contributed by atoms with Crippen LogP contribution in [-0.2, 0) is 14.3 Å². The second kappa shape index (κ2) is 5.46. The van der Waals surface area contributed by atoms with Crippen molar-refractivity contribution < 1.29 is 24.2 Å². The van der Waals surface area contributed by atoms with Crippen molar-refractivity contribution in [3.8, 4) is 0 Å². The molecule has 2 atom stereocenters. The molecule has 0 radical (unpaired) electrons. The van der Waals surface area contributed by atoms with E-state index in [-0.39, 0.29) is 6.10 Å². The van der Waals surface area contributed by atoms with E-state index in [1.54, 1.807) is 4.90 Å². The summed E-state index contributed by atoms with van der Waals surface area (Å²) in [6.07, 6.45) is 0.695. The fraction of sp³-hybridized carbons (Fsp3) is 0.857. The van der Waals surface area contributed by atoms with E-state index in [9.17, 15) is 9.59 Å². The molecule has 0 aromatic carbocycles. The third-order valence-electron chi connectivity index (χ3n) is 4.07. The molecule has 2 unspecified atom stereocenters. The van der Waals surface area contributed by atoms with Gasteiger partial charge in [0.25, 0.3) is 0 Å². The Bertz CT molecular complexity index is 428. The molecule has 3 N–H and O–H groups in total. The number of hydrogen-bond donors (Lipinski definition) is 2. The van der Waals surface area contributed by atoms with E-state index >= 15 is 0 Å². The molecule has 1 saturated carbocycles. The first-order chi connectivity index (χ1) is 9.66. The van der Waals surface area contributed by atoms with Gasteiger partial charge in [-0.05, 0) is 33.6 Å². The van der Waals surface area contributed by atoms with Crippen molar-refractivity contribution in [3.63, 3.8) is 0 Å². The third kappa shape index (κ3) is 3.47. The van der Waals surface area contributed by atoms with E-state index in [2.05, 4.69) is 0 Å². The quantitative estimate of drug-likeness (QED) is 0.800. The Balaban J connectivity index is 2.01. The number of carboxylic acids is 1. The number of aliphatic carboxylic acids is 1. The molecule has 7 heteroatoms. The molecule has 21 heavy (non-hydrogen) atoms. The normalized spacial score (nSPS) is 26.1. The maximum absolute atomic E-state index is 12.1. The van der Waals surface area contributed by atoms with E-state index < -0.39 is 29.1 Å². The third-order valence-corrected chi connectivity index (χ3v) is 4.07. The lowest BCUT2D eigenvalue weighted by Crippen LogP contribution is -2.55. The van der Waals surface area contributed by atoms with E-state index in [1.807, 2.05) is 20.8 Å². The van der Waals surface area contributed by atoms with Gasteiger partial charge in [0.2, 0.25) is 0 Å². The van der Waals surface area contributed by atoms with Crippen LogP contribution >= 0.6 is 0 Å². The zero-order valence-corrected chi connectivity index (χ0v) is 12.8. The average molecular weight is 300 g/mol. The Morgan fingerprint density at radius 1 is 1.43 bits per heavy atom. The molecule has 2 rings (SSSR count). The van der Waals surface area contributed by atoms with Crippen LogP contribution in [0.3, 0.4) is 0 Å². The largest absolute Gasteiger partial charge is 0.480 e. The highest BCUT2D eigenvalue weighted by molar-refractivity contribution is 5.75. The van der Waals surface area contributed by atoms with Gasteiger partial charge < -0.3 is 25.2 Å². The average Bonchev–Trinajstić information content (AvgIpc) is 3.17. The van der Waals surface area contributed by atoms with Gasteiger partial charge in [0.1, 0.15) is 11.6 Å². The highest BCUT2D eigenvalue weighted by Gasteiger charge is 2.58. The molecule has 7 nitrogen and oxygen atoms in total. The Morgan fingerprint density at radius 3 is 2.52 bits per heavy atom. The summed E-state index contributed by atoms with van der Waals surface area (Å²) in [6, 6.07) is -0.957. The number of rotatable bonds is 3. The van der Waals surface area contributed by atoms with Gasteiger partial charge >= 0.3 is 12.1 Å². The standard InChI is InChI=1S/C14H24N2O5/c1-13(2,3)21-12(19)16-6-7-20-9(8-16)14(4-5-14)10(15)11(17)18/h9-10H,4-8,15H2,1-3H3,(H,17,18). The minimum absolute atomic E-state index is 0.329. The number of carbonyl (C=O) groups is 2. The molecule has 2 fully saturated rings. The molecule has 1 aliphatic carbocycles. The first-order valence-electron chi connectivity index (χ1n) is 7.24. The van der Waals surface area contributed by atoms with Crippen molar-refractivity contribution in [2.75, 3.05) is 19.7 Å². The van der Waals surface area contributed by atoms with E-state index in [0.29, 0.717) is 32.5 Å². The highest BCUT2D eigenvalue weighted by Crippen LogP contribution is 2.53. The Labute approximate surface area is 124 Å². The molecule has 0 bridgehead atoms. The van der Waals surface area contributed by atoms with Gasteiger partial charge in [-0.15, -0.1) is 0 Å². The predicted molar refractivity (Wildman–Crippen MR) is 74.8 cm³/mol. The summed E-state index contributed by atoms with van der Waals surface area (Å²) in [7, 11) is 0. The summed E-state index contributed by atoms with van der Waals surface area (Å²) in [5.74, 6) is -1.02. The number of carboxylic acid groups (broad SMARTS) is 1. The zero-order valence-electron chi connectivity index (χ0n) is 12.8. The van der Waals surface area contributed by atoms with Crippen molar-refractivity contribution in [2.24, 2.45) is 11.1 Å². The first kappa shape index (κ1) is 16.0. The summed E-state index contributed by atoms with van der Waals surface area (Å²) in [5.41, 5.74) is 4.69. The van der Waals surface area contributed by atoms with Crippen LogP contribution in [0.1, 0.15) is 33.6 Å². The van der Waals surface area contributed by atoms with E-state index in [1.165, 1.54) is 0 Å². The number of amides is 1. The van der Waals surface area contributed by atoms with E-state index in [0.717, 1.165) is 0 Å². The minimum atomic E-state index is -1.02. The molecule has 1 aliphatic heterocycles. The lowest BCUT2D eigenvalue weighted by Gasteiger charge is -2.38. The Hall–Kier alpha value is -1.34. The SMILES string of the molecule is CC(C)(C)OC(=O)N1CCOC(C2(C(N)C(=O)O)CC2)C1. The number of nitrogens with two attached hydrogens (primary N) is 1. The van der Waals surface area contributed by atoms with Gasteiger partial charge in [0.15, 0.2) is 0 Å². The second-order valence-corrected chi connectivity index (χ2v) is 6.83. The Morgan fingerprint density at radius 2 is 2.05 bits per heavy atom. The lowest BCUT2D eigenvalue weighted by atomic mass is 9.89. The predicted octanol–water partition coefficient (Wildman–Crippen LogP) is 0.814. The summed E-state index contributed by atoms with van der Waals surface area (Å²) >= 11 is 0. The van der Waals surface area contributed by atoms with Gasteiger partial charge in [-0.2, -0.15) is 0 Å². The lowest BCUT2D eigenvalue weighted by molar-refractivity contribution is -0.144. The number of nitrogens with zero attached hydrogens (tertiary/aromatic N) is 1. The van der Waals surface area contributed by atoms with Gasteiger partial charge in [0.05, 0.1) is 19.3 Å².